The van der Waals surface area contributed by atoms with E-state index in [1.807, 2.05) is 0 Å². The van der Waals surface area contributed by atoms with Gasteiger partial charge in [0.15, 0.2) is 0 Å². The molecule has 1 aliphatic heterocycles. The summed E-state index contributed by atoms with van der Waals surface area (Å²) in [6, 6.07) is 11.0. The predicted octanol–water partition coefficient (Wildman–Crippen LogP) is 3.63. The number of halogens is 3. The first kappa shape index (κ1) is 21.6. The van der Waals surface area contributed by atoms with E-state index in [1.54, 1.807) is 18.2 Å². The third-order valence-corrected chi connectivity index (χ3v) is 4.43. The molecule has 9 heteroatoms. The van der Waals surface area contributed by atoms with Crippen LogP contribution in [0.1, 0.15) is 28.8 Å². The van der Waals surface area contributed by atoms with Gasteiger partial charge in [-0.3, -0.25) is 9.59 Å². The average Bonchev–Trinajstić information content (AvgIpc) is 3.26. The maximum atomic E-state index is 12.7. The van der Waals surface area contributed by atoms with E-state index in [0.29, 0.717) is 24.3 Å². The van der Waals surface area contributed by atoms with Crippen molar-refractivity contribution >= 4 is 17.5 Å². The maximum Gasteiger partial charge on any atom is 0.416 e. The van der Waals surface area contributed by atoms with Gasteiger partial charge in [-0.15, -0.1) is 0 Å². The van der Waals surface area contributed by atoms with E-state index in [9.17, 15) is 22.8 Å². The Labute approximate surface area is 171 Å². The largest absolute Gasteiger partial charge is 0.492 e. The second-order valence-electron chi connectivity index (χ2n) is 6.70. The number of nitrogens with one attached hydrogen (secondary N) is 2. The molecule has 2 aromatic carbocycles. The minimum absolute atomic E-state index is 0.00248. The number of alkyl halides is 3. The van der Waals surface area contributed by atoms with Gasteiger partial charge in [-0.2, -0.15) is 13.2 Å². The van der Waals surface area contributed by atoms with Crippen LogP contribution < -0.4 is 15.4 Å². The summed E-state index contributed by atoms with van der Waals surface area (Å²) in [7, 11) is 0. The highest BCUT2D eigenvalue weighted by Crippen LogP contribution is 2.31. The highest BCUT2D eigenvalue weighted by molar-refractivity contribution is 5.98. The van der Waals surface area contributed by atoms with Gasteiger partial charge < -0.3 is 20.1 Å². The Morgan fingerprint density at radius 2 is 1.93 bits per heavy atom. The van der Waals surface area contributed by atoms with E-state index in [-0.39, 0.29) is 24.8 Å². The Kier molecular flexibility index (Phi) is 6.94. The second kappa shape index (κ2) is 9.62. The molecule has 30 heavy (non-hydrogen) atoms. The molecule has 0 radical (unpaired) electrons. The predicted molar refractivity (Wildman–Crippen MR) is 103 cm³/mol. The van der Waals surface area contributed by atoms with Crippen LogP contribution in [0, 0.1) is 0 Å². The van der Waals surface area contributed by atoms with E-state index in [4.69, 9.17) is 9.47 Å². The summed E-state index contributed by atoms with van der Waals surface area (Å²) in [6.07, 6.45) is -3.42. The topological polar surface area (TPSA) is 76.7 Å². The van der Waals surface area contributed by atoms with Gasteiger partial charge in [0.2, 0.25) is 0 Å². The monoisotopic (exact) mass is 422 g/mol. The van der Waals surface area contributed by atoms with Crippen LogP contribution in [-0.4, -0.2) is 37.7 Å². The zero-order chi connectivity index (χ0) is 21.6. The van der Waals surface area contributed by atoms with Gasteiger partial charge in [0.25, 0.3) is 11.8 Å². The molecule has 0 bridgehead atoms. The van der Waals surface area contributed by atoms with Crippen LogP contribution >= 0.6 is 0 Å². The molecule has 0 aromatic heterocycles. The minimum Gasteiger partial charge on any atom is -0.492 e. The number of amides is 2. The zero-order valence-electron chi connectivity index (χ0n) is 16.0. The van der Waals surface area contributed by atoms with Crippen molar-refractivity contribution in [3.63, 3.8) is 0 Å². The normalized spacial score (nSPS) is 16.2. The summed E-state index contributed by atoms with van der Waals surface area (Å²) in [6.45, 7) is 0.660. The maximum absolute atomic E-state index is 12.7. The lowest BCUT2D eigenvalue weighted by Gasteiger charge is -2.12. The number of benzene rings is 2. The fourth-order valence-corrected chi connectivity index (χ4v) is 2.94. The molecule has 0 aliphatic carbocycles. The van der Waals surface area contributed by atoms with Crippen molar-refractivity contribution in [2.24, 2.45) is 0 Å². The summed E-state index contributed by atoms with van der Waals surface area (Å²) in [5, 5.41) is 5.35. The smallest absolute Gasteiger partial charge is 0.416 e. The number of carbonyl (C=O) groups is 2. The van der Waals surface area contributed by atoms with Crippen LogP contribution in [0.15, 0.2) is 48.5 Å². The summed E-state index contributed by atoms with van der Waals surface area (Å²) in [5.41, 5.74) is 0.00785. The Bertz CT molecular complexity index is 896. The van der Waals surface area contributed by atoms with Crippen LogP contribution in [0.25, 0.3) is 0 Å². The van der Waals surface area contributed by atoms with Gasteiger partial charge in [0.05, 0.1) is 12.1 Å². The fraction of sp³-hybridized carbons (Fsp3) is 0.333. The molecular weight excluding hydrogens is 401 g/mol. The number of hydrogen-bond acceptors (Lipinski definition) is 4. The van der Waals surface area contributed by atoms with E-state index >= 15 is 0 Å². The summed E-state index contributed by atoms with van der Waals surface area (Å²) < 4.78 is 48.7. The quantitative estimate of drug-likeness (QED) is 0.668. The number of hydrogen-bond donors (Lipinski definition) is 2. The molecule has 2 N–H and O–H groups in total. The van der Waals surface area contributed by atoms with E-state index < -0.39 is 23.8 Å². The van der Waals surface area contributed by atoms with Crippen molar-refractivity contribution in [1.29, 1.82) is 0 Å². The third-order valence-electron chi connectivity index (χ3n) is 4.43. The molecular formula is C21H21F3N2O4. The van der Waals surface area contributed by atoms with Crippen molar-refractivity contribution < 1.29 is 32.2 Å². The van der Waals surface area contributed by atoms with Gasteiger partial charge in [0.1, 0.15) is 18.5 Å². The lowest BCUT2D eigenvalue weighted by atomic mass is 10.1. The molecule has 1 saturated heterocycles. The molecule has 0 saturated carbocycles. The first-order chi connectivity index (χ1) is 14.3. The lowest BCUT2D eigenvalue weighted by Crippen LogP contribution is -2.29. The summed E-state index contributed by atoms with van der Waals surface area (Å²) >= 11 is 0. The van der Waals surface area contributed by atoms with Crippen molar-refractivity contribution in [3.05, 3.63) is 59.7 Å². The van der Waals surface area contributed by atoms with Crippen LogP contribution in [0.4, 0.5) is 18.9 Å². The van der Waals surface area contributed by atoms with Crippen LogP contribution in [0.5, 0.6) is 5.75 Å². The van der Waals surface area contributed by atoms with Gasteiger partial charge >= 0.3 is 6.18 Å². The number of anilines is 1. The van der Waals surface area contributed by atoms with Gasteiger partial charge in [-0.1, -0.05) is 12.1 Å². The highest BCUT2D eigenvalue weighted by atomic mass is 19.4. The average molecular weight is 422 g/mol. The molecule has 1 atom stereocenters. The molecule has 2 aromatic rings. The summed E-state index contributed by atoms with van der Waals surface area (Å²) in [4.78, 5) is 24.4. The number of carbonyl (C=O) groups excluding carboxylic acids is 2. The number of rotatable bonds is 7. The first-order valence-corrected chi connectivity index (χ1v) is 9.44. The lowest BCUT2D eigenvalue weighted by molar-refractivity contribution is -0.137. The SMILES string of the molecule is O=C(NCCOc1cccc(C(F)(F)F)c1)c1cccc(NC(=O)C2CCCO2)c1. The third kappa shape index (κ3) is 5.96. The van der Waals surface area contributed by atoms with E-state index in [2.05, 4.69) is 10.6 Å². The zero-order valence-corrected chi connectivity index (χ0v) is 16.0. The van der Waals surface area contributed by atoms with Gasteiger partial charge in [0, 0.05) is 17.9 Å². The van der Waals surface area contributed by atoms with E-state index in [0.717, 1.165) is 18.6 Å². The molecule has 160 valence electrons. The molecule has 1 fully saturated rings. The highest BCUT2D eigenvalue weighted by Gasteiger charge is 2.30. The second-order valence-corrected chi connectivity index (χ2v) is 6.70. The van der Waals surface area contributed by atoms with Crippen LogP contribution in [0.2, 0.25) is 0 Å². The van der Waals surface area contributed by atoms with E-state index in [1.165, 1.54) is 18.2 Å². The summed E-state index contributed by atoms with van der Waals surface area (Å²) in [5.74, 6) is -0.576. The van der Waals surface area contributed by atoms with Crippen molar-refractivity contribution in [2.75, 3.05) is 25.1 Å². The Hall–Kier alpha value is -3.07. The standard InChI is InChI=1S/C21H21F3N2O4/c22-21(23,24)15-5-2-7-17(13-15)29-11-9-25-19(27)14-4-1-6-16(12-14)26-20(28)18-8-3-10-30-18/h1-2,4-7,12-13,18H,3,8-11H2,(H,25,27)(H,26,28). The van der Waals surface area contributed by atoms with Gasteiger partial charge in [-0.05, 0) is 49.2 Å². The number of ether oxygens (including phenoxy) is 2. The van der Waals surface area contributed by atoms with Crippen LogP contribution in [-0.2, 0) is 15.7 Å². The first-order valence-electron chi connectivity index (χ1n) is 9.44. The Morgan fingerprint density at radius 3 is 2.67 bits per heavy atom. The molecule has 1 aliphatic rings. The molecule has 1 heterocycles. The minimum atomic E-state index is -4.45. The molecule has 3 rings (SSSR count). The fourth-order valence-electron chi connectivity index (χ4n) is 2.94. The Morgan fingerprint density at radius 1 is 1.13 bits per heavy atom. The van der Waals surface area contributed by atoms with Crippen molar-refractivity contribution in [3.8, 4) is 5.75 Å². The van der Waals surface area contributed by atoms with Crippen molar-refractivity contribution in [1.82, 2.24) is 5.32 Å². The van der Waals surface area contributed by atoms with Crippen LogP contribution in [0.3, 0.4) is 0 Å². The molecule has 1 unspecified atom stereocenters. The molecule has 6 nitrogen and oxygen atoms in total. The van der Waals surface area contributed by atoms with Crippen molar-refractivity contribution in [2.45, 2.75) is 25.1 Å². The van der Waals surface area contributed by atoms with Gasteiger partial charge in [-0.25, -0.2) is 0 Å². The Balaban J connectivity index is 1.47. The molecule has 0 spiro atoms. The molecule has 2 amide bonds.